The molecule has 0 N–H and O–H groups in total. The van der Waals surface area contributed by atoms with E-state index < -0.39 is 0 Å². The van der Waals surface area contributed by atoms with E-state index in [1.807, 2.05) is 65.9 Å². The lowest BCUT2D eigenvalue weighted by atomic mass is 9.97. The van der Waals surface area contributed by atoms with Gasteiger partial charge in [0.05, 0.1) is 11.2 Å². The molecule has 4 nitrogen and oxygen atoms in total. The summed E-state index contributed by atoms with van der Waals surface area (Å²) in [6.07, 6.45) is 5.32. The Morgan fingerprint density at radius 2 is 1.24 bits per heavy atom. The van der Waals surface area contributed by atoms with Crippen LogP contribution in [0.25, 0.3) is 81.5 Å². The smallest absolute Gasteiger partial charge is 0.164 e. The van der Waals surface area contributed by atoms with E-state index in [4.69, 9.17) is 19.9 Å². The van der Waals surface area contributed by atoms with Gasteiger partial charge in [-0.3, -0.25) is 0 Å². The fourth-order valence-corrected chi connectivity index (χ4v) is 7.03. The molecule has 45 heavy (non-hydrogen) atoms. The van der Waals surface area contributed by atoms with Gasteiger partial charge < -0.3 is 0 Å². The molecule has 0 fully saturated rings. The number of hydrogen-bond donors (Lipinski definition) is 0. The zero-order valence-corrected chi connectivity index (χ0v) is 25.1. The fourth-order valence-electron chi connectivity index (χ4n) is 5.91. The average molecular weight is 595 g/mol. The SMILES string of the molecule is C=C/C=C(\C=C)c1nc(-c2ccccc2)nc(-c2cccc(-c3nc4ccccc4c4cc5c(cc34)sc3ccccc35)c2)n1. The summed E-state index contributed by atoms with van der Waals surface area (Å²) in [4.78, 5) is 19.9. The highest BCUT2D eigenvalue weighted by atomic mass is 32.1. The van der Waals surface area contributed by atoms with Crippen LogP contribution in [0.2, 0.25) is 0 Å². The van der Waals surface area contributed by atoms with E-state index in [1.165, 1.54) is 25.6 Å². The molecule has 0 amide bonds. The minimum atomic E-state index is 0.542. The molecule has 8 rings (SSSR count). The Morgan fingerprint density at radius 3 is 2.07 bits per heavy atom. The van der Waals surface area contributed by atoms with E-state index in [-0.39, 0.29) is 0 Å². The highest BCUT2D eigenvalue weighted by Gasteiger charge is 2.17. The summed E-state index contributed by atoms with van der Waals surface area (Å²) < 4.78 is 2.53. The maximum absolute atomic E-state index is 5.24. The van der Waals surface area contributed by atoms with Gasteiger partial charge in [0, 0.05) is 53.2 Å². The molecule has 0 atom stereocenters. The predicted molar refractivity (Wildman–Crippen MR) is 190 cm³/mol. The van der Waals surface area contributed by atoms with E-state index in [0.717, 1.165) is 44.2 Å². The lowest BCUT2D eigenvalue weighted by Crippen LogP contribution is -2.02. The molecule has 0 bridgehead atoms. The van der Waals surface area contributed by atoms with Crippen LogP contribution < -0.4 is 0 Å². The molecule has 3 heterocycles. The first-order valence-electron chi connectivity index (χ1n) is 14.7. The van der Waals surface area contributed by atoms with Crippen molar-refractivity contribution in [3.05, 3.63) is 152 Å². The Kier molecular flexibility index (Phi) is 6.59. The van der Waals surface area contributed by atoms with Crippen LogP contribution in [-0.2, 0) is 0 Å². The second-order valence-electron chi connectivity index (χ2n) is 10.8. The van der Waals surface area contributed by atoms with Crippen molar-refractivity contribution in [1.29, 1.82) is 0 Å². The lowest BCUT2D eigenvalue weighted by molar-refractivity contribution is 1.04. The normalized spacial score (nSPS) is 11.9. The van der Waals surface area contributed by atoms with Gasteiger partial charge in [-0.25, -0.2) is 19.9 Å². The van der Waals surface area contributed by atoms with Gasteiger partial charge in [-0.15, -0.1) is 11.3 Å². The zero-order valence-electron chi connectivity index (χ0n) is 24.3. The maximum Gasteiger partial charge on any atom is 0.164 e. The highest BCUT2D eigenvalue weighted by Crippen LogP contribution is 2.41. The highest BCUT2D eigenvalue weighted by molar-refractivity contribution is 7.25. The predicted octanol–water partition coefficient (Wildman–Crippen LogP) is 10.7. The maximum atomic E-state index is 5.24. The fraction of sp³-hybridized carbons (Fsp3) is 0. The van der Waals surface area contributed by atoms with E-state index >= 15 is 0 Å². The molecule has 0 radical (unpaired) electrons. The first kappa shape index (κ1) is 26.8. The summed E-state index contributed by atoms with van der Waals surface area (Å²) >= 11 is 1.82. The van der Waals surface area contributed by atoms with Crippen LogP contribution in [0.1, 0.15) is 5.82 Å². The minimum absolute atomic E-state index is 0.542. The Hall–Kier alpha value is -5.78. The summed E-state index contributed by atoms with van der Waals surface area (Å²) in [5, 5.41) is 6.01. The van der Waals surface area contributed by atoms with E-state index in [9.17, 15) is 0 Å². The summed E-state index contributed by atoms with van der Waals surface area (Å²) in [5.74, 6) is 1.72. The molecule has 8 aromatic rings. The van der Waals surface area contributed by atoms with Gasteiger partial charge >= 0.3 is 0 Å². The third kappa shape index (κ3) is 4.71. The van der Waals surface area contributed by atoms with E-state index in [1.54, 1.807) is 12.2 Å². The van der Waals surface area contributed by atoms with Crippen LogP contribution in [0.4, 0.5) is 0 Å². The number of thiophene rings is 1. The Balaban J connectivity index is 1.36. The molecule has 0 spiro atoms. The van der Waals surface area contributed by atoms with Crippen molar-refractivity contribution in [3.8, 4) is 34.0 Å². The molecule has 0 unspecified atom stereocenters. The molecule has 5 heteroatoms. The molecule has 0 aliphatic heterocycles. The Bertz CT molecular complexity index is 2470. The third-order valence-electron chi connectivity index (χ3n) is 8.04. The number of pyridine rings is 1. The van der Waals surface area contributed by atoms with Crippen molar-refractivity contribution < 1.29 is 0 Å². The second-order valence-corrected chi connectivity index (χ2v) is 11.9. The molecule has 0 aliphatic rings. The van der Waals surface area contributed by atoms with Gasteiger partial charge in [-0.2, -0.15) is 0 Å². The third-order valence-corrected chi connectivity index (χ3v) is 9.17. The largest absolute Gasteiger partial charge is 0.247 e. The van der Waals surface area contributed by atoms with Crippen molar-refractivity contribution in [3.63, 3.8) is 0 Å². The van der Waals surface area contributed by atoms with E-state index in [2.05, 4.69) is 79.9 Å². The zero-order chi connectivity index (χ0) is 30.3. The van der Waals surface area contributed by atoms with Gasteiger partial charge in [0.25, 0.3) is 0 Å². The topological polar surface area (TPSA) is 51.6 Å². The monoisotopic (exact) mass is 594 g/mol. The molecule has 0 saturated carbocycles. The van der Waals surface area contributed by atoms with Crippen LogP contribution >= 0.6 is 11.3 Å². The molecular weight excluding hydrogens is 569 g/mol. The summed E-state index contributed by atoms with van der Waals surface area (Å²) in [6.45, 7) is 7.84. The summed E-state index contributed by atoms with van der Waals surface area (Å²) in [6, 6.07) is 39.9. The Morgan fingerprint density at radius 1 is 0.533 bits per heavy atom. The van der Waals surface area contributed by atoms with Crippen molar-refractivity contribution in [2.24, 2.45) is 0 Å². The van der Waals surface area contributed by atoms with Crippen LogP contribution in [0.3, 0.4) is 0 Å². The van der Waals surface area contributed by atoms with Gasteiger partial charge in [-0.05, 0) is 35.7 Å². The van der Waals surface area contributed by atoms with Crippen molar-refractivity contribution in [2.75, 3.05) is 0 Å². The van der Waals surface area contributed by atoms with Crippen molar-refractivity contribution in [1.82, 2.24) is 19.9 Å². The number of benzene rings is 5. The number of hydrogen-bond acceptors (Lipinski definition) is 5. The number of rotatable bonds is 6. The quantitative estimate of drug-likeness (QED) is 0.142. The Labute approximate surface area is 264 Å². The molecular formula is C40H26N4S. The molecule has 5 aromatic carbocycles. The lowest BCUT2D eigenvalue weighted by Gasteiger charge is -2.12. The first-order chi connectivity index (χ1) is 22.2. The van der Waals surface area contributed by atoms with Gasteiger partial charge in [0.1, 0.15) is 0 Å². The summed E-state index contributed by atoms with van der Waals surface area (Å²) in [7, 11) is 0. The molecule has 3 aromatic heterocycles. The molecule has 212 valence electrons. The average Bonchev–Trinajstić information content (AvgIpc) is 3.47. The van der Waals surface area contributed by atoms with Gasteiger partial charge in [0.2, 0.25) is 0 Å². The standard InChI is InChI=1S/C40H26N4S/c1-3-13-25(4-2)38-42-39(26-14-6-5-7-15-26)44-40(43-38)28-17-12-16-27(22-28)37-33-24-36-32(30-19-9-11-21-35(30)45-36)23-31(33)29-18-8-10-20-34(29)41-37/h3-24H,1-2H2/b25-13+. The number of aromatic nitrogens is 4. The van der Waals surface area contributed by atoms with Gasteiger partial charge in [0.15, 0.2) is 17.5 Å². The summed E-state index contributed by atoms with van der Waals surface area (Å²) in [5.41, 5.74) is 5.45. The van der Waals surface area contributed by atoms with E-state index in [0.29, 0.717) is 17.5 Å². The van der Waals surface area contributed by atoms with Crippen LogP contribution in [-0.4, -0.2) is 19.9 Å². The number of para-hydroxylation sites is 1. The van der Waals surface area contributed by atoms with Gasteiger partial charge in [-0.1, -0.05) is 116 Å². The number of nitrogens with zero attached hydrogens (tertiary/aromatic N) is 4. The van der Waals surface area contributed by atoms with Crippen LogP contribution in [0, 0.1) is 0 Å². The van der Waals surface area contributed by atoms with Crippen molar-refractivity contribution >= 4 is 58.8 Å². The molecule has 0 aliphatic carbocycles. The molecule has 0 saturated heterocycles. The number of allylic oxidation sites excluding steroid dienone is 4. The van der Waals surface area contributed by atoms with Crippen molar-refractivity contribution in [2.45, 2.75) is 0 Å². The second kappa shape index (κ2) is 11.1. The minimum Gasteiger partial charge on any atom is -0.247 e. The van der Waals surface area contributed by atoms with Crippen LogP contribution in [0.15, 0.2) is 147 Å². The number of fused-ring (bicyclic) bond motifs is 6. The van der Waals surface area contributed by atoms with Crippen LogP contribution in [0.5, 0.6) is 0 Å². The first-order valence-corrected chi connectivity index (χ1v) is 15.5.